The third kappa shape index (κ3) is 2.87. The topological polar surface area (TPSA) is 98.3 Å². The lowest BCUT2D eigenvalue weighted by Crippen LogP contribution is -2.33. The minimum Gasteiger partial charge on any atom is -0.420 e. The Hall–Kier alpha value is -3.26. The number of hydrogen-bond acceptors (Lipinski definition) is 6. The third-order valence-corrected chi connectivity index (χ3v) is 5.80. The Labute approximate surface area is 172 Å². The number of hydrogen-bond donors (Lipinski definition) is 1. The molecule has 154 valence electrons. The highest BCUT2D eigenvalue weighted by molar-refractivity contribution is 5.80. The van der Waals surface area contributed by atoms with E-state index in [4.69, 9.17) is 14.1 Å². The van der Waals surface area contributed by atoms with Crippen LogP contribution in [0.2, 0.25) is 0 Å². The Bertz CT molecular complexity index is 1280. The summed E-state index contributed by atoms with van der Waals surface area (Å²) in [5.74, 6) is 0.684. The van der Waals surface area contributed by atoms with Crippen molar-refractivity contribution in [3.05, 3.63) is 58.0 Å². The fourth-order valence-electron chi connectivity index (χ4n) is 4.16. The van der Waals surface area contributed by atoms with Crippen LogP contribution in [0.25, 0.3) is 28.2 Å². The van der Waals surface area contributed by atoms with Crippen LogP contribution in [0, 0.1) is 13.8 Å². The van der Waals surface area contributed by atoms with Gasteiger partial charge in [0.15, 0.2) is 5.65 Å². The number of nitrogens with zero attached hydrogens (tertiary/aromatic N) is 4. The van der Waals surface area contributed by atoms with Crippen molar-refractivity contribution in [1.82, 2.24) is 24.8 Å². The standard InChI is InChI=1S/C22H23N5O3/c1-13-17(19-24-25-21(30-19)22(3)10-7-11-29-12-22)20(28)27-18(23-13)16(14(2)26-27)15-8-5-4-6-9-15/h4-6,8-9,26H,7,10-12H2,1-3H3. The first kappa shape index (κ1) is 18.7. The maximum atomic E-state index is 13.4. The molecule has 1 fully saturated rings. The zero-order valence-electron chi connectivity index (χ0n) is 17.2. The van der Waals surface area contributed by atoms with Crippen molar-refractivity contribution in [3.63, 3.8) is 0 Å². The maximum Gasteiger partial charge on any atom is 0.285 e. The van der Waals surface area contributed by atoms with Crippen molar-refractivity contribution >= 4 is 5.65 Å². The van der Waals surface area contributed by atoms with Crippen LogP contribution in [0.3, 0.4) is 0 Å². The lowest BCUT2D eigenvalue weighted by molar-refractivity contribution is 0.0308. The third-order valence-electron chi connectivity index (χ3n) is 5.80. The number of nitrogens with one attached hydrogen (secondary N) is 1. The minimum atomic E-state index is -0.339. The molecule has 0 aliphatic carbocycles. The lowest BCUT2D eigenvalue weighted by atomic mass is 9.85. The second kappa shape index (κ2) is 6.91. The number of aromatic nitrogens is 5. The summed E-state index contributed by atoms with van der Waals surface area (Å²) in [6.07, 6.45) is 1.84. The molecule has 4 aromatic rings. The number of benzene rings is 1. The van der Waals surface area contributed by atoms with Crippen LogP contribution in [-0.2, 0) is 10.2 Å². The Morgan fingerprint density at radius 3 is 2.67 bits per heavy atom. The molecule has 1 saturated heterocycles. The van der Waals surface area contributed by atoms with Crippen LogP contribution < -0.4 is 5.56 Å². The van der Waals surface area contributed by atoms with Gasteiger partial charge in [0.05, 0.1) is 17.7 Å². The minimum absolute atomic E-state index is 0.190. The van der Waals surface area contributed by atoms with Gasteiger partial charge in [-0.3, -0.25) is 9.89 Å². The van der Waals surface area contributed by atoms with Crippen molar-refractivity contribution in [3.8, 4) is 22.6 Å². The Kier molecular flexibility index (Phi) is 4.32. The van der Waals surface area contributed by atoms with Gasteiger partial charge < -0.3 is 9.15 Å². The predicted octanol–water partition coefficient (Wildman–Crippen LogP) is 3.42. The summed E-state index contributed by atoms with van der Waals surface area (Å²) in [7, 11) is 0. The van der Waals surface area contributed by atoms with Crippen LogP contribution in [-0.4, -0.2) is 38.0 Å². The van der Waals surface area contributed by atoms with E-state index in [-0.39, 0.29) is 16.9 Å². The second-order valence-corrected chi connectivity index (χ2v) is 8.14. The molecule has 0 spiro atoms. The van der Waals surface area contributed by atoms with Crippen molar-refractivity contribution < 1.29 is 9.15 Å². The van der Waals surface area contributed by atoms with Gasteiger partial charge in [-0.2, -0.15) is 0 Å². The zero-order valence-corrected chi connectivity index (χ0v) is 17.2. The molecule has 1 aliphatic heterocycles. The first-order valence-electron chi connectivity index (χ1n) is 10.1. The highest BCUT2D eigenvalue weighted by Crippen LogP contribution is 2.33. The highest BCUT2D eigenvalue weighted by atomic mass is 16.5. The quantitative estimate of drug-likeness (QED) is 0.561. The molecular weight excluding hydrogens is 382 g/mol. The zero-order chi connectivity index (χ0) is 20.9. The summed E-state index contributed by atoms with van der Waals surface area (Å²) >= 11 is 0. The van der Waals surface area contributed by atoms with Crippen LogP contribution in [0.15, 0.2) is 39.5 Å². The molecular formula is C22H23N5O3. The Morgan fingerprint density at radius 1 is 1.13 bits per heavy atom. The van der Waals surface area contributed by atoms with E-state index >= 15 is 0 Å². The molecule has 3 aromatic heterocycles. The first-order valence-corrected chi connectivity index (χ1v) is 10.1. The summed E-state index contributed by atoms with van der Waals surface area (Å²) in [5.41, 5.74) is 3.61. The SMILES string of the molecule is Cc1nc2c(-c3ccccc3)c(C)[nH]n2c(=O)c1-c1nnc(C2(C)CCCOC2)o1. The van der Waals surface area contributed by atoms with Crippen molar-refractivity contribution in [2.24, 2.45) is 0 Å². The lowest BCUT2D eigenvalue weighted by Gasteiger charge is -2.29. The molecule has 4 heterocycles. The van der Waals surface area contributed by atoms with Crippen LogP contribution in [0.5, 0.6) is 0 Å². The van der Waals surface area contributed by atoms with E-state index in [1.165, 1.54) is 4.52 Å². The number of rotatable bonds is 3. The molecule has 1 aromatic carbocycles. The molecule has 1 unspecified atom stereocenters. The molecule has 0 amide bonds. The van der Waals surface area contributed by atoms with Gasteiger partial charge in [0.1, 0.15) is 5.56 Å². The largest absolute Gasteiger partial charge is 0.420 e. The Morgan fingerprint density at radius 2 is 1.93 bits per heavy atom. The van der Waals surface area contributed by atoms with E-state index in [1.54, 1.807) is 6.92 Å². The summed E-state index contributed by atoms with van der Waals surface area (Å²) in [6.45, 7) is 7.04. The molecule has 1 atom stereocenters. The van der Waals surface area contributed by atoms with E-state index < -0.39 is 0 Å². The van der Waals surface area contributed by atoms with E-state index in [9.17, 15) is 4.79 Å². The van der Waals surface area contributed by atoms with Gasteiger partial charge in [-0.1, -0.05) is 30.3 Å². The Balaban J connectivity index is 1.64. The molecule has 0 bridgehead atoms. The molecule has 5 rings (SSSR count). The van der Waals surface area contributed by atoms with Crippen molar-refractivity contribution in [2.45, 2.75) is 39.0 Å². The van der Waals surface area contributed by atoms with Gasteiger partial charge in [-0.15, -0.1) is 10.2 Å². The van der Waals surface area contributed by atoms with E-state index in [1.807, 2.05) is 44.2 Å². The number of ether oxygens (including phenoxy) is 1. The summed E-state index contributed by atoms with van der Waals surface area (Å²) in [5, 5.41) is 11.6. The summed E-state index contributed by atoms with van der Waals surface area (Å²) < 4.78 is 13.0. The molecule has 30 heavy (non-hydrogen) atoms. The summed E-state index contributed by atoms with van der Waals surface area (Å²) in [6, 6.07) is 9.90. The van der Waals surface area contributed by atoms with E-state index in [0.29, 0.717) is 29.4 Å². The van der Waals surface area contributed by atoms with Gasteiger partial charge in [-0.05, 0) is 39.2 Å². The van der Waals surface area contributed by atoms with E-state index in [2.05, 4.69) is 15.3 Å². The molecule has 0 saturated carbocycles. The molecule has 1 N–H and O–H groups in total. The number of H-pyrrole nitrogens is 1. The van der Waals surface area contributed by atoms with Gasteiger partial charge in [0.25, 0.3) is 11.4 Å². The van der Waals surface area contributed by atoms with Gasteiger partial charge in [-0.25, -0.2) is 9.50 Å². The van der Waals surface area contributed by atoms with Crippen LogP contribution in [0.4, 0.5) is 0 Å². The van der Waals surface area contributed by atoms with Gasteiger partial charge in [0.2, 0.25) is 5.89 Å². The van der Waals surface area contributed by atoms with Crippen LogP contribution in [0.1, 0.15) is 37.0 Å². The first-order chi connectivity index (χ1) is 14.5. The fraction of sp³-hybridized carbons (Fsp3) is 0.364. The smallest absolute Gasteiger partial charge is 0.285 e. The number of aromatic amines is 1. The van der Waals surface area contributed by atoms with Gasteiger partial charge in [0, 0.05) is 17.9 Å². The predicted molar refractivity (Wildman–Crippen MR) is 111 cm³/mol. The fourth-order valence-corrected chi connectivity index (χ4v) is 4.16. The van der Waals surface area contributed by atoms with Crippen molar-refractivity contribution in [2.75, 3.05) is 13.2 Å². The molecule has 1 aliphatic rings. The van der Waals surface area contributed by atoms with E-state index in [0.717, 1.165) is 36.3 Å². The summed E-state index contributed by atoms with van der Waals surface area (Å²) in [4.78, 5) is 18.1. The van der Waals surface area contributed by atoms with Gasteiger partial charge >= 0.3 is 0 Å². The second-order valence-electron chi connectivity index (χ2n) is 8.14. The number of aryl methyl sites for hydroxylation is 2. The average Bonchev–Trinajstić information content (AvgIpc) is 3.35. The average molecular weight is 405 g/mol. The molecule has 8 nitrogen and oxygen atoms in total. The van der Waals surface area contributed by atoms with Crippen molar-refractivity contribution in [1.29, 1.82) is 0 Å². The normalized spacial score (nSPS) is 19.4. The number of fused-ring (bicyclic) bond motifs is 1. The maximum absolute atomic E-state index is 13.4. The molecule has 8 heteroatoms. The van der Waals surface area contributed by atoms with Crippen LogP contribution >= 0.6 is 0 Å². The molecule has 0 radical (unpaired) electrons. The highest BCUT2D eigenvalue weighted by Gasteiger charge is 2.36. The monoisotopic (exact) mass is 405 g/mol.